The summed E-state index contributed by atoms with van der Waals surface area (Å²) in [6.07, 6.45) is 1.20. The van der Waals surface area contributed by atoms with Crippen LogP contribution < -0.4 is 9.64 Å². The summed E-state index contributed by atoms with van der Waals surface area (Å²) in [5.74, 6) is -0.475. The van der Waals surface area contributed by atoms with Crippen LogP contribution in [0.4, 0.5) is 5.69 Å². The third kappa shape index (κ3) is 6.95. The molecule has 11 nitrogen and oxygen atoms in total. The van der Waals surface area contributed by atoms with Crippen LogP contribution in [0.5, 0.6) is 5.75 Å². The zero-order valence-corrected chi connectivity index (χ0v) is 34.3. The van der Waals surface area contributed by atoms with Crippen LogP contribution in [0.15, 0.2) is 48.5 Å². The molecule has 0 saturated heterocycles. The Morgan fingerprint density at radius 1 is 0.964 bits per heavy atom. The van der Waals surface area contributed by atoms with Gasteiger partial charge in [0.2, 0.25) is 0 Å². The minimum Gasteiger partial charge on any atom is -0.494 e. The molecule has 0 radical (unpaired) electrons. The number of halogens is 2. The Labute approximate surface area is 336 Å². The predicted molar refractivity (Wildman–Crippen MR) is 221 cm³/mol. The summed E-state index contributed by atoms with van der Waals surface area (Å²) >= 11 is 13.5. The number of aromatic carboxylic acids is 1. The van der Waals surface area contributed by atoms with E-state index in [0.29, 0.717) is 61.1 Å². The standard InChI is InChI=1S/C43H47Cl2N5O6/c1-24-20-30(21-25(2)38(24)45)56-16-9-11-31-32-13-14-33(44)37(36-27(4)46-47(6)28(36)5)40(32)50-26(3)23-49(42(51)41(31)50)34-12-8-10-29-22-35(43(52)53)48(39(29)34)15-17-55-19-18-54-7/h8,10,12-14,20-22,26H,9,11,15-19,23H2,1-7H3,(H,52,53). The van der Waals surface area contributed by atoms with Gasteiger partial charge in [0.1, 0.15) is 17.1 Å². The number of carbonyl (C=O) groups is 2. The van der Waals surface area contributed by atoms with Crippen LogP contribution in [-0.4, -0.2) is 76.0 Å². The Morgan fingerprint density at radius 2 is 1.71 bits per heavy atom. The number of benzene rings is 3. The van der Waals surface area contributed by atoms with Crippen LogP contribution in [0.25, 0.3) is 32.9 Å². The van der Waals surface area contributed by atoms with Crippen molar-refractivity contribution in [1.29, 1.82) is 0 Å². The number of hydrogen-bond acceptors (Lipinski definition) is 6. The van der Waals surface area contributed by atoms with E-state index >= 15 is 4.79 Å². The average molecular weight is 801 g/mol. The first-order chi connectivity index (χ1) is 26.8. The highest BCUT2D eigenvalue weighted by Gasteiger charge is 2.38. The number of aryl methyl sites for hydroxylation is 5. The Balaban J connectivity index is 1.35. The SMILES string of the molecule is COCCOCCn1c(C(=O)O)cc2cccc(N3CC(C)n4c(c(CCCOc5cc(C)c(Cl)c(C)c5)c5ccc(Cl)c(-c6c(C)nn(C)c6C)c54)C3=O)c21. The fourth-order valence-electron chi connectivity index (χ4n) is 8.27. The number of nitrogens with zero attached hydrogens (tertiary/aromatic N) is 5. The zero-order chi connectivity index (χ0) is 40.0. The first-order valence-electron chi connectivity index (χ1n) is 18.8. The third-order valence-electron chi connectivity index (χ3n) is 10.9. The molecule has 0 saturated carbocycles. The van der Waals surface area contributed by atoms with Crippen molar-refractivity contribution >= 4 is 62.6 Å². The number of hydrogen-bond donors (Lipinski definition) is 1. The fourth-order valence-corrected chi connectivity index (χ4v) is 8.63. The van der Waals surface area contributed by atoms with Crippen LogP contribution in [0.1, 0.15) is 68.4 Å². The minimum atomic E-state index is -1.05. The highest BCUT2D eigenvalue weighted by Crippen LogP contribution is 2.45. The summed E-state index contributed by atoms with van der Waals surface area (Å²) in [5, 5.41) is 18.0. The Morgan fingerprint density at radius 3 is 2.39 bits per heavy atom. The van der Waals surface area contributed by atoms with E-state index in [2.05, 4.69) is 11.5 Å². The molecule has 1 atom stereocenters. The number of aromatic nitrogens is 4. The number of anilines is 1. The molecule has 0 bridgehead atoms. The fraction of sp³-hybridized carbons (Fsp3) is 0.372. The molecule has 1 amide bonds. The number of methoxy groups -OCH3 is 1. The molecule has 13 heteroatoms. The van der Waals surface area contributed by atoms with Gasteiger partial charge in [-0.05, 0) is 94.5 Å². The van der Waals surface area contributed by atoms with E-state index in [1.165, 1.54) is 0 Å². The van der Waals surface area contributed by atoms with Gasteiger partial charge in [0.05, 0.1) is 53.9 Å². The monoisotopic (exact) mass is 799 g/mol. The highest BCUT2D eigenvalue weighted by molar-refractivity contribution is 6.35. The first-order valence-corrected chi connectivity index (χ1v) is 19.6. The van der Waals surface area contributed by atoms with Crippen molar-refractivity contribution in [2.75, 3.05) is 45.0 Å². The molecule has 3 aromatic carbocycles. The van der Waals surface area contributed by atoms with E-state index < -0.39 is 5.97 Å². The number of carboxylic acid groups (broad SMARTS) is 1. The van der Waals surface area contributed by atoms with Crippen LogP contribution in [0, 0.1) is 27.7 Å². The van der Waals surface area contributed by atoms with Gasteiger partial charge in [0.25, 0.3) is 5.91 Å². The molecule has 294 valence electrons. The van der Waals surface area contributed by atoms with Gasteiger partial charge < -0.3 is 33.4 Å². The van der Waals surface area contributed by atoms with Crippen molar-refractivity contribution in [1.82, 2.24) is 18.9 Å². The molecule has 6 aromatic rings. The van der Waals surface area contributed by atoms with Crippen LogP contribution in [0.3, 0.4) is 0 Å². The first kappa shape index (κ1) is 39.4. The molecule has 1 N–H and O–H groups in total. The second-order valence-corrected chi connectivity index (χ2v) is 15.4. The normalized spacial score (nSPS) is 14.3. The van der Waals surface area contributed by atoms with Crippen LogP contribution >= 0.6 is 23.2 Å². The van der Waals surface area contributed by atoms with Gasteiger partial charge in [-0.1, -0.05) is 41.4 Å². The Bertz CT molecular complexity index is 2470. The van der Waals surface area contributed by atoms with Crippen LogP contribution in [-0.2, 0) is 29.5 Å². The van der Waals surface area contributed by atoms with Crippen LogP contribution in [0.2, 0.25) is 10.0 Å². The maximum Gasteiger partial charge on any atom is 0.352 e. The quantitative estimate of drug-likeness (QED) is 0.109. The van der Waals surface area contributed by atoms with Crippen molar-refractivity contribution < 1.29 is 28.9 Å². The molecule has 3 aromatic heterocycles. The van der Waals surface area contributed by atoms with E-state index in [1.54, 1.807) is 22.6 Å². The van der Waals surface area contributed by atoms with Gasteiger partial charge in [-0.25, -0.2) is 4.79 Å². The van der Waals surface area contributed by atoms with Gasteiger partial charge in [-0.15, -0.1) is 0 Å². The lowest BCUT2D eigenvalue weighted by molar-refractivity contribution is 0.0632. The topological polar surface area (TPSA) is 113 Å². The number of carbonyl (C=O) groups excluding carboxylic acids is 1. The lowest BCUT2D eigenvalue weighted by Crippen LogP contribution is -2.43. The molecule has 0 fully saturated rings. The number of carboxylic acids is 1. The lowest BCUT2D eigenvalue weighted by atomic mass is 9.98. The average Bonchev–Trinajstić information content (AvgIpc) is 3.79. The number of amides is 1. The largest absolute Gasteiger partial charge is 0.494 e. The Hall–Kier alpha value is -4.81. The smallest absolute Gasteiger partial charge is 0.352 e. The molecule has 1 aliphatic heterocycles. The molecular weight excluding hydrogens is 753 g/mol. The van der Waals surface area contributed by atoms with Crippen molar-refractivity contribution in [2.24, 2.45) is 7.05 Å². The Kier molecular flexibility index (Phi) is 11.2. The highest BCUT2D eigenvalue weighted by atomic mass is 35.5. The maximum absolute atomic E-state index is 15.3. The van der Waals surface area contributed by atoms with Crippen molar-refractivity contribution in [2.45, 2.75) is 60.0 Å². The molecule has 56 heavy (non-hydrogen) atoms. The van der Waals surface area contributed by atoms with Gasteiger partial charge in [0.15, 0.2) is 0 Å². The third-order valence-corrected chi connectivity index (χ3v) is 11.8. The molecule has 0 spiro atoms. The van der Waals surface area contributed by atoms with Crippen molar-refractivity contribution in [3.8, 4) is 16.9 Å². The lowest BCUT2D eigenvalue weighted by Gasteiger charge is -2.35. The van der Waals surface area contributed by atoms with E-state index in [0.717, 1.165) is 66.3 Å². The number of para-hydroxylation sites is 1. The van der Waals surface area contributed by atoms with Gasteiger partial charge in [-0.2, -0.15) is 5.10 Å². The van der Waals surface area contributed by atoms with E-state index in [-0.39, 0.29) is 30.8 Å². The molecule has 0 aliphatic carbocycles. The molecule has 1 unspecified atom stereocenters. The van der Waals surface area contributed by atoms with Crippen molar-refractivity contribution in [3.63, 3.8) is 0 Å². The van der Waals surface area contributed by atoms with Gasteiger partial charge in [0, 0.05) is 65.9 Å². The van der Waals surface area contributed by atoms with Gasteiger partial charge in [-0.3, -0.25) is 9.48 Å². The number of fused-ring (bicyclic) bond motifs is 4. The number of rotatable bonds is 14. The number of ether oxygens (including phenoxy) is 3. The predicted octanol–water partition coefficient (Wildman–Crippen LogP) is 9.13. The molecule has 4 heterocycles. The minimum absolute atomic E-state index is 0.127. The van der Waals surface area contributed by atoms with E-state index in [4.69, 9.17) is 42.5 Å². The zero-order valence-electron chi connectivity index (χ0n) is 32.8. The summed E-state index contributed by atoms with van der Waals surface area (Å²) in [7, 11) is 3.52. The maximum atomic E-state index is 15.3. The summed E-state index contributed by atoms with van der Waals surface area (Å²) in [5.41, 5.74) is 9.35. The molecular formula is C43H47Cl2N5O6. The van der Waals surface area contributed by atoms with Gasteiger partial charge >= 0.3 is 5.97 Å². The van der Waals surface area contributed by atoms with Crippen molar-refractivity contribution in [3.05, 3.63) is 98.0 Å². The molecule has 1 aliphatic rings. The summed E-state index contributed by atoms with van der Waals surface area (Å²) in [6, 6.07) is 14.9. The summed E-state index contributed by atoms with van der Waals surface area (Å²) in [6.45, 7) is 12.2. The van der Waals surface area contributed by atoms with E-state index in [1.807, 2.05) is 81.9 Å². The summed E-state index contributed by atoms with van der Waals surface area (Å²) < 4.78 is 22.9. The second-order valence-electron chi connectivity index (χ2n) is 14.6. The summed E-state index contributed by atoms with van der Waals surface area (Å²) in [4.78, 5) is 29.6. The molecule has 7 rings (SSSR count). The van der Waals surface area contributed by atoms with E-state index in [9.17, 15) is 9.90 Å². The second kappa shape index (κ2) is 16.0.